The second kappa shape index (κ2) is 5.55. The van der Waals surface area contributed by atoms with Crippen LogP contribution in [-0.4, -0.2) is 47.6 Å². The summed E-state index contributed by atoms with van der Waals surface area (Å²) in [5, 5.41) is 4.45. The van der Waals surface area contributed by atoms with Crippen LogP contribution < -0.4 is 5.32 Å². The molecule has 88 valence electrons. The minimum atomic E-state index is 0.687. The Balaban J connectivity index is 1.90. The van der Waals surface area contributed by atoms with Crippen molar-refractivity contribution in [3.8, 4) is 0 Å². The quantitative estimate of drug-likeness (QED) is 0.795. The van der Waals surface area contributed by atoms with Gasteiger partial charge in [0.2, 0.25) is 0 Å². The molecule has 1 aliphatic heterocycles. The Labute approximate surface area is 98.2 Å². The average molecular weight is 228 g/mol. The van der Waals surface area contributed by atoms with Crippen LogP contribution in [-0.2, 0) is 0 Å². The third-order valence-electron chi connectivity index (χ3n) is 3.67. The number of hydrogen-bond acceptors (Lipinski definition) is 3. The highest BCUT2D eigenvalue weighted by molar-refractivity contribution is 7.99. The summed E-state index contributed by atoms with van der Waals surface area (Å²) in [7, 11) is 0. The van der Waals surface area contributed by atoms with Gasteiger partial charge in [-0.1, -0.05) is 13.3 Å². The van der Waals surface area contributed by atoms with Crippen molar-refractivity contribution < 1.29 is 0 Å². The molecule has 2 nitrogen and oxygen atoms in total. The lowest BCUT2D eigenvalue weighted by Crippen LogP contribution is -2.54. The Hall–Kier alpha value is 0.270. The van der Waals surface area contributed by atoms with Gasteiger partial charge in [0.1, 0.15) is 0 Å². The van der Waals surface area contributed by atoms with Crippen molar-refractivity contribution in [3.63, 3.8) is 0 Å². The van der Waals surface area contributed by atoms with Crippen LogP contribution in [0, 0.1) is 0 Å². The molecule has 0 aromatic rings. The maximum absolute atomic E-state index is 3.53. The Morgan fingerprint density at radius 2 is 2.27 bits per heavy atom. The SMILES string of the molecule is CCSC1CCCC1N1CCNC(C)C1. The molecule has 2 fully saturated rings. The zero-order valence-electron chi connectivity index (χ0n) is 10.0. The fraction of sp³-hybridized carbons (Fsp3) is 1.00. The summed E-state index contributed by atoms with van der Waals surface area (Å²) in [6, 6.07) is 1.56. The van der Waals surface area contributed by atoms with E-state index in [4.69, 9.17) is 0 Å². The van der Waals surface area contributed by atoms with Crippen LogP contribution in [0.1, 0.15) is 33.1 Å². The molecule has 0 amide bonds. The number of nitrogens with one attached hydrogen (secondary N) is 1. The molecule has 1 aliphatic carbocycles. The first-order valence-electron chi connectivity index (χ1n) is 6.40. The highest BCUT2D eigenvalue weighted by Gasteiger charge is 2.33. The van der Waals surface area contributed by atoms with Gasteiger partial charge in [0, 0.05) is 37.0 Å². The van der Waals surface area contributed by atoms with Crippen LogP contribution in [0.4, 0.5) is 0 Å². The van der Waals surface area contributed by atoms with Crippen LogP contribution in [0.3, 0.4) is 0 Å². The molecule has 1 N–H and O–H groups in total. The molecule has 1 saturated carbocycles. The van der Waals surface area contributed by atoms with Crippen molar-refractivity contribution in [2.45, 2.75) is 50.4 Å². The molecule has 3 unspecified atom stereocenters. The lowest BCUT2D eigenvalue weighted by Gasteiger charge is -2.38. The summed E-state index contributed by atoms with van der Waals surface area (Å²) >= 11 is 2.18. The van der Waals surface area contributed by atoms with Gasteiger partial charge in [0.25, 0.3) is 0 Å². The maximum Gasteiger partial charge on any atom is 0.0215 e. The number of rotatable bonds is 3. The van der Waals surface area contributed by atoms with Gasteiger partial charge >= 0.3 is 0 Å². The summed E-state index contributed by atoms with van der Waals surface area (Å²) in [4.78, 5) is 2.74. The molecule has 0 radical (unpaired) electrons. The average Bonchev–Trinajstić information content (AvgIpc) is 2.66. The van der Waals surface area contributed by atoms with E-state index < -0.39 is 0 Å². The smallest absolute Gasteiger partial charge is 0.0215 e. The van der Waals surface area contributed by atoms with Crippen LogP contribution in [0.25, 0.3) is 0 Å². The summed E-state index contributed by atoms with van der Waals surface area (Å²) in [5.74, 6) is 1.28. The van der Waals surface area contributed by atoms with Crippen LogP contribution in [0.15, 0.2) is 0 Å². The molecule has 1 saturated heterocycles. The minimum Gasteiger partial charge on any atom is -0.312 e. The van der Waals surface area contributed by atoms with Crippen molar-refractivity contribution >= 4 is 11.8 Å². The van der Waals surface area contributed by atoms with Gasteiger partial charge in [-0.15, -0.1) is 0 Å². The van der Waals surface area contributed by atoms with Crippen LogP contribution in [0.2, 0.25) is 0 Å². The molecule has 2 rings (SSSR count). The van der Waals surface area contributed by atoms with Gasteiger partial charge in [-0.05, 0) is 25.5 Å². The van der Waals surface area contributed by atoms with E-state index in [1.807, 2.05) is 0 Å². The van der Waals surface area contributed by atoms with E-state index in [2.05, 4.69) is 35.8 Å². The topological polar surface area (TPSA) is 15.3 Å². The van der Waals surface area contributed by atoms with Gasteiger partial charge in [0.05, 0.1) is 0 Å². The number of piperazine rings is 1. The second-order valence-electron chi connectivity index (χ2n) is 4.84. The Morgan fingerprint density at radius 3 is 3.00 bits per heavy atom. The fourth-order valence-corrected chi connectivity index (χ4v) is 4.29. The molecule has 3 heteroatoms. The van der Waals surface area contributed by atoms with Gasteiger partial charge in [-0.2, -0.15) is 11.8 Å². The van der Waals surface area contributed by atoms with Gasteiger partial charge in [0.15, 0.2) is 0 Å². The van der Waals surface area contributed by atoms with Crippen molar-refractivity contribution in [1.82, 2.24) is 10.2 Å². The van der Waals surface area contributed by atoms with Crippen molar-refractivity contribution in [3.05, 3.63) is 0 Å². The summed E-state index contributed by atoms with van der Waals surface area (Å²) in [6.07, 6.45) is 4.33. The number of hydrogen-bond donors (Lipinski definition) is 1. The molecule has 0 bridgehead atoms. The van der Waals surface area contributed by atoms with E-state index in [-0.39, 0.29) is 0 Å². The first kappa shape index (κ1) is 11.7. The third-order valence-corrected chi connectivity index (χ3v) is 4.98. The molecular formula is C12H24N2S. The summed E-state index contributed by atoms with van der Waals surface area (Å²) in [6.45, 7) is 8.30. The predicted molar refractivity (Wildman–Crippen MR) is 68.6 cm³/mol. The first-order chi connectivity index (χ1) is 7.31. The Morgan fingerprint density at radius 1 is 1.40 bits per heavy atom. The largest absolute Gasteiger partial charge is 0.312 e. The molecule has 0 spiro atoms. The van der Waals surface area contributed by atoms with Gasteiger partial charge in [-0.25, -0.2) is 0 Å². The highest BCUT2D eigenvalue weighted by atomic mass is 32.2. The maximum atomic E-state index is 3.53. The zero-order valence-corrected chi connectivity index (χ0v) is 10.9. The van der Waals surface area contributed by atoms with Crippen molar-refractivity contribution in [1.29, 1.82) is 0 Å². The fourth-order valence-electron chi connectivity index (χ4n) is 3.00. The first-order valence-corrected chi connectivity index (χ1v) is 7.45. The summed E-state index contributed by atoms with van der Waals surface area (Å²) in [5.41, 5.74) is 0. The minimum absolute atomic E-state index is 0.687. The van der Waals surface area contributed by atoms with E-state index in [1.54, 1.807) is 0 Å². The normalized spacial score (nSPS) is 38.4. The van der Waals surface area contributed by atoms with Crippen LogP contribution >= 0.6 is 11.8 Å². The van der Waals surface area contributed by atoms with Gasteiger partial charge < -0.3 is 5.32 Å². The second-order valence-corrected chi connectivity index (χ2v) is 6.36. The zero-order chi connectivity index (χ0) is 10.7. The summed E-state index contributed by atoms with van der Waals surface area (Å²) < 4.78 is 0. The lowest BCUT2D eigenvalue weighted by atomic mass is 10.1. The monoisotopic (exact) mass is 228 g/mol. The predicted octanol–water partition coefficient (Wildman–Crippen LogP) is 1.95. The van der Waals surface area contributed by atoms with E-state index in [0.29, 0.717) is 6.04 Å². The lowest BCUT2D eigenvalue weighted by molar-refractivity contribution is 0.153. The van der Waals surface area contributed by atoms with Gasteiger partial charge in [-0.3, -0.25) is 4.90 Å². The number of thioether (sulfide) groups is 1. The Bertz CT molecular complexity index is 198. The molecule has 3 atom stereocenters. The molecule has 0 aromatic carbocycles. The molecule has 15 heavy (non-hydrogen) atoms. The van der Waals surface area contributed by atoms with Crippen molar-refractivity contribution in [2.24, 2.45) is 0 Å². The van der Waals surface area contributed by atoms with E-state index in [9.17, 15) is 0 Å². The molecule has 1 heterocycles. The van der Waals surface area contributed by atoms with Crippen molar-refractivity contribution in [2.75, 3.05) is 25.4 Å². The van der Waals surface area contributed by atoms with E-state index in [0.717, 1.165) is 11.3 Å². The standard InChI is InChI=1S/C12H24N2S/c1-3-15-12-6-4-5-11(12)14-8-7-13-10(2)9-14/h10-13H,3-9H2,1-2H3. The number of nitrogens with zero attached hydrogens (tertiary/aromatic N) is 1. The Kier molecular flexibility index (Phi) is 4.35. The molecular weight excluding hydrogens is 204 g/mol. The van der Waals surface area contributed by atoms with Crippen LogP contribution in [0.5, 0.6) is 0 Å². The molecule has 0 aromatic heterocycles. The third kappa shape index (κ3) is 2.89. The highest BCUT2D eigenvalue weighted by Crippen LogP contribution is 2.33. The molecule has 2 aliphatic rings. The van der Waals surface area contributed by atoms with E-state index in [1.165, 1.54) is 44.6 Å². The van der Waals surface area contributed by atoms with E-state index >= 15 is 0 Å².